The van der Waals surface area contributed by atoms with Gasteiger partial charge in [0, 0.05) is 37.8 Å². The molecule has 5 rings (SSSR count). The van der Waals surface area contributed by atoms with Crippen molar-refractivity contribution in [2.75, 3.05) is 5.32 Å². The van der Waals surface area contributed by atoms with Gasteiger partial charge in [-0.2, -0.15) is 0 Å². The van der Waals surface area contributed by atoms with Crippen molar-refractivity contribution < 1.29 is 4.79 Å². The molecule has 0 aromatic heterocycles. The summed E-state index contributed by atoms with van der Waals surface area (Å²) in [5.41, 5.74) is 4.09. The first-order valence-corrected chi connectivity index (χ1v) is 11.0. The van der Waals surface area contributed by atoms with Crippen LogP contribution in [0.1, 0.15) is 45.4 Å². The molecular formula is C25H18Cl3NO. The summed E-state index contributed by atoms with van der Waals surface area (Å²) in [6.07, 6.45) is 5.34. The van der Waals surface area contributed by atoms with E-state index in [1.165, 1.54) is 0 Å². The monoisotopic (exact) mass is 453 g/mol. The Balaban J connectivity index is 1.66. The van der Waals surface area contributed by atoms with Gasteiger partial charge in [0.15, 0.2) is 5.78 Å². The van der Waals surface area contributed by atoms with Gasteiger partial charge in [0.2, 0.25) is 0 Å². The van der Waals surface area contributed by atoms with Gasteiger partial charge in [0.1, 0.15) is 0 Å². The van der Waals surface area contributed by atoms with Crippen LogP contribution in [-0.4, -0.2) is 5.78 Å². The lowest BCUT2D eigenvalue weighted by molar-refractivity contribution is 0.103. The van der Waals surface area contributed by atoms with E-state index in [4.69, 9.17) is 34.8 Å². The minimum absolute atomic E-state index is 0.0363. The van der Waals surface area contributed by atoms with Gasteiger partial charge in [0.25, 0.3) is 0 Å². The predicted molar refractivity (Wildman–Crippen MR) is 124 cm³/mol. The van der Waals surface area contributed by atoms with E-state index in [0.29, 0.717) is 26.2 Å². The molecule has 5 heteroatoms. The Hall–Kier alpha value is -2.26. The zero-order valence-electron chi connectivity index (χ0n) is 15.9. The highest BCUT2D eigenvalue weighted by Gasteiger charge is 2.40. The number of hydrogen-bond acceptors (Lipinski definition) is 2. The Morgan fingerprint density at radius 1 is 0.900 bits per heavy atom. The fraction of sp³-hybridized carbons (Fsp3) is 0.160. The number of carbonyl (C=O) groups is 1. The second-order valence-corrected chi connectivity index (χ2v) is 9.03. The zero-order chi connectivity index (χ0) is 20.8. The second-order valence-electron chi connectivity index (χ2n) is 7.75. The molecule has 2 aliphatic rings. The van der Waals surface area contributed by atoms with Gasteiger partial charge >= 0.3 is 0 Å². The van der Waals surface area contributed by atoms with Crippen LogP contribution >= 0.6 is 34.8 Å². The van der Waals surface area contributed by atoms with Crippen LogP contribution < -0.4 is 5.32 Å². The number of fused-ring (bicyclic) bond motifs is 3. The molecule has 0 radical (unpaired) electrons. The molecule has 3 aromatic rings. The van der Waals surface area contributed by atoms with E-state index in [1.54, 1.807) is 12.1 Å². The summed E-state index contributed by atoms with van der Waals surface area (Å²) in [5, 5.41) is 5.44. The Morgan fingerprint density at radius 3 is 2.47 bits per heavy atom. The molecule has 0 saturated carbocycles. The van der Waals surface area contributed by atoms with Crippen LogP contribution in [0.25, 0.3) is 0 Å². The number of rotatable bonds is 3. The molecule has 3 aromatic carbocycles. The Bertz CT molecular complexity index is 1170. The van der Waals surface area contributed by atoms with Crippen LogP contribution in [0.5, 0.6) is 0 Å². The van der Waals surface area contributed by atoms with E-state index in [0.717, 1.165) is 23.2 Å². The summed E-state index contributed by atoms with van der Waals surface area (Å²) in [5.74, 6) is 0.400. The van der Waals surface area contributed by atoms with E-state index in [-0.39, 0.29) is 23.7 Å². The quantitative estimate of drug-likeness (QED) is 0.324. The SMILES string of the molecule is O=C(c1ccccc1)c1cc(Cl)cc2c1N[C@H](c1ccc(Cl)cc1Cl)[C@@H]1CC=C[C@H]21. The van der Waals surface area contributed by atoms with E-state index < -0.39 is 0 Å². The van der Waals surface area contributed by atoms with Gasteiger partial charge in [-0.25, -0.2) is 0 Å². The highest BCUT2D eigenvalue weighted by atomic mass is 35.5. The Kier molecular flexibility index (Phi) is 5.10. The fourth-order valence-electron chi connectivity index (χ4n) is 4.65. The van der Waals surface area contributed by atoms with Crippen LogP contribution in [-0.2, 0) is 0 Å². The van der Waals surface area contributed by atoms with Crippen LogP contribution in [0.15, 0.2) is 72.8 Å². The molecule has 2 nitrogen and oxygen atoms in total. The molecular weight excluding hydrogens is 437 g/mol. The van der Waals surface area contributed by atoms with Crippen molar-refractivity contribution in [3.63, 3.8) is 0 Å². The molecule has 150 valence electrons. The van der Waals surface area contributed by atoms with Crippen LogP contribution in [0, 0.1) is 5.92 Å². The van der Waals surface area contributed by atoms with Crippen molar-refractivity contribution in [2.45, 2.75) is 18.4 Å². The Morgan fingerprint density at radius 2 is 1.70 bits per heavy atom. The largest absolute Gasteiger partial charge is 0.377 e. The van der Waals surface area contributed by atoms with Crippen molar-refractivity contribution in [2.24, 2.45) is 5.92 Å². The Labute approximate surface area is 190 Å². The number of anilines is 1. The van der Waals surface area contributed by atoms with Crippen molar-refractivity contribution in [3.05, 3.63) is 110 Å². The minimum Gasteiger partial charge on any atom is -0.377 e. The van der Waals surface area contributed by atoms with Gasteiger partial charge in [-0.1, -0.05) is 83.4 Å². The van der Waals surface area contributed by atoms with Crippen LogP contribution in [0.2, 0.25) is 15.1 Å². The maximum Gasteiger partial charge on any atom is 0.195 e. The molecule has 0 amide bonds. The first-order chi connectivity index (χ1) is 14.5. The highest BCUT2D eigenvalue weighted by Crippen LogP contribution is 2.52. The molecule has 0 unspecified atom stereocenters. The maximum absolute atomic E-state index is 13.4. The van der Waals surface area contributed by atoms with Gasteiger partial charge in [-0.05, 0) is 47.7 Å². The summed E-state index contributed by atoms with van der Waals surface area (Å²) >= 11 is 19.2. The first kappa shape index (κ1) is 19.7. The number of hydrogen-bond donors (Lipinski definition) is 1. The lowest BCUT2D eigenvalue weighted by Gasteiger charge is -2.39. The molecule has 1 aliphatic carbocycles. The normalized spacial score (nSPS) is 21.6. The second kappa shape index (κ2) is 7.77. The van der Waals surface area contributed by atoms with E-state index in [2.05, 4.69) is 17.5 Å². The van der Waals surface area contributed by atoms with Gasteiger partial charge < -0.3 is 5.32 Å². The molecule has 3 atom stereocenters. The van der Waals surface area contributed by atoms with Crippen LogP contribution in [0.3, 0.4) is 0 Å². The number of carbonyl (C=O) groups excluding carboxylic acids is 1. The molecule has 1 heterocycles. The summed E-state index contributed by atoms with van der Waals surface area (Å²) in [6, 6.07) is 18.6. The number of nitrogens with one attached hydrogen (secondary N) is 1. The van der Waals surface area contributed by atoms with Gasteiger partial charge in [-0.15, -0.1) is 0 Å². The standard InChI is InChI=1S/C25H18Cl3NO/c26-15-9-10-19(22(28)13-15)23-18-8-4-7-17(18)20-11-16(27)12-21(24(20)29-23)25(30)14-5-2-1-3-6-14/h1-7,9-13,17-18,23,29H,8H2/t17-,18+,23-/m0/s1. The zero-order valence-corrected chi connectivity index (χ0v) is 18.2. The lowest BCUT2D eigenvalue weighted by Crippen LogP contribution is -2.30. The molecule has 1 N–H and O–H groups in total. The number of allylic oxidation sites excluding steroid dienone is 2. The molecule has 1 aliphatic heterocycles. The lowest BCUT2D eigenvalue weighted by atomic mass is 9.76. The third-order valence-corrected chi connectivity index (χ3v) is 6.79. The van der Waals surface area contributed by atoms with Gasteiger partial charge in [-0.3, -0.25) is 4.79 Å². The number of benzene rings is 3. The predicted octanol–water partition coefficient (Wildman–Crippen LogP) is 7.70. The molecule has 0 saturated heterocycles. The first-order valence-electron chi connectivity index (χ1n) is 9.84. The molecule has 0 fully saturated rings. The number of halogens is 3. The van der Waals surface area contributed by atoms with E-state index in [9.17, 15) is 4.79 Å². The molecule has 0 bridgehead atoms. The molecule has 30 heavy (non-hydrogen) atoms. The minimum atomic E-state index is -0.0526. The van der Waals surface area contributed by atoms with Crippen molar-refractivity contribution in [1.29, 1.82) is 0 Å². The third kappa shape index (κ3) is 3.33. The third-order valence-electron chi connectivity index (χ3n) is 6.01. The van der Waals surface area contributed by atoms with E-state index in [1.807, 2.05) is 48.5 Å². The fourth-order valence-corrected chi connectivity index (χ4v) is 5.40. The summed E-state index contributed by atoms with van der Waals surface area (Å²) < 4.78 is 0. The number of ketones is 1. The van der Waals surface area contributed by atoms with Crippen molar-refractivity contribution in [1.82, 2.24) is 0 Å². The maximum atomic E-state index is 13.4. The average molecular weight is 455 g/mol. The van der Waals surface area contributed by atoms with E-state index >= 15 is 0 Å². The summed E-state index contributed by atoms with van der Waals surface area (Å²) in [7, 11) is 0. The average Bonchev–Trinajstić information content (AvgIpc) is 3.24. The summed E-state index contributed by atoms with van der Waals surface area (Å²) in [6.45, 7) is 0. The van der Waals surface area contributed by atoms with Crippen molar-refractivity contribution >= 4 is 46.3 Å². The summed E-state index contributed by atoms with van der Waals surface area (Å²) in [4.78, 5) is 13.4. The van der Waals surface area contributed by atoms with Crippen molar-refractivity contribution in [3.8, 4) is 0 Å². The highest BCUT2D eigenvalue weighted by molar-refractivity contribution is 6.35. The van der Waals surface area contributed by atoms with Gasteiger partial charge in [0.05, 0.1) is 6.04 Å². The topological polar surface area (TPSA) is 29.1 Å². The smallest absolute Gasteiger partial charge is 0.195 e. The molecule has 0 spiro atoms. The van der Waals surface area contributed by atoms with Crippen LogP contribution in [0.4, 0.5) is 5.69 Å².